The van der Waals surface area contributed by atoms with E-state index < -0.39 is 47.2 Å². The Kier molecular flexibility index (Phi) is 7.48. The molecule has 0 aromatic heterocycles. The summed E-state index contributed by atoms with van der Waals surface area (Å²) in [5.41, 5.74) is 5.35. The molecule has 6 atom stereocenters. The Morgan fingerprint density at radius 3 is 2.66 bits per heavy atom. The van der Waals surface area contributed by atoms with Gasteiger partial charge in [-0.1, -0.05) is 6.07 Å². The second-order valence-electron chi connectivity index (χ2n) is 10.4. The zero-order valence-electron chi connectivity index (χ0n) is 22.4. The molecule has 0 unspecified atom stereocenters. The van der Waals surface area contributed by atoms with Crippen molar-refractivity contribution < 1.29 is 43.5 Å². The first-order chi connectivity index (χ1) is 17.9. The lowest BCUT2D eigenvalue weighted by Gasteiger charge is -2.58. The van der Waals surface area contributed by atoms with Gasteiger partial charge in [0.05, 0.1) is 18.1 Å². The molecule has 2 heterocycles. The van der Waals surface area contributed by atoms with Crippen molar-refractivity contribution >= 4 is 17.9 Å². The Hall–Kier alpha value is -3.15. The molecule has 0 amide bonds. The number of carbonyl (C=O) groups excluding carboxylic acids is 2. The van der Waals surface area contributed by atoms with Crippen molar-refractivity contribution in [3.05, 3.63) is 35.1 Å². The molecule has 1 aromatic rings. The zero-order valence-corrected chi connectivity index (χ0v) is 22.4. The van der Waals surface area contributed by atoms with Gasteiger partial charge in [-0.2, -0.15) is 0 Å². The van der Waals surface area contributed by atoms with E-state index >= 15 is 0 Å². The van der Waals surface area contributed by atoms with Crippen molar-refractivity contribution in [2.45, 2.75) is 81.8 Å². The summed E-state index contributed by atoms with van der Waals surface area (Å²) >= 11 is 0. The first kappa shape index (κ1) is 27.9. The van der Waals surface area contributed by atoms with Crippen LogP contribution in [-0.4, -0.2) is 83.6 Å². The Labute approximate surface area is 221 Å². The Morgan fingerprint density at radius 2 is 2.00 bits per heavy atom. The molecular weight excluding hydrogens is 496 g/mol. The number of benzene rings is 1. The molecule has 1 aromatic carbocycles. The highest BCUT2D eigenvalue weighted by Crippen LogP contribution is 2.62. The maximum atomic E-state index is 13.0. The zero-order chi connectivity index (χ0) is 28.0. The maximum absolute atomic E-state index is 13.0. The number of hydrogen-bond acceptors (Lipinski definition) is 10. The molecule has 1 spiro atoms. The Balaban J connectivity index is 1.63. The van der Waals surface area contributed by atoms with Crippen LogP contribution in [-0.2, 0) is 29.3 Å². The number of aliphatic hydroxyl groups is 1. The molecule has 0 saturated carbocycles. The summed E-state index contributed by atoms with van der Waals surface area (Å²) in [4.78, 5) is 38.1. The second kappa shape index (κ2) is 10.2. The van der Waals surface area contributed by atoms with Crippen molar-refractivity contribution in [1.82, 2.24) is 4.90 Å². The molecule has 208 valence electrons. The molecule has 1 saturated heterocycles. The van der Waals surface area contributed by atoms with Gasteiger partial charge < -0.3 is 39.8 Å². The van der Waals surface area contributed by atoms with E-state index in [2.05, 4.69) is 4.90 Å². The number of piperidine rings is 1. The van der Waals surface area contributed by atoms with E-state index in [4.69, 9.17) is 29.8 Å². The maximum Gasteiger partial charge on any atom is 0.352 e. The number of rotatable bonds is 8. The number of nitrogens with zero attached hydrogens (tertiary/aromatic N) is 1. The topological polar surface area (TPSA) is 158 Å². The minimum atomic E-state index is -1.30. The average molecular weight is 533 g/mol. The first-order valence-electron chi connectivity index (χ1n) is 12.7. The van der Waals surface area contributed by atoms with Crippen LogP contribution < -0.4 is 15.2 Å². The number of nitrogens with two attached hydrogens (primary N) is 1. The summed E-state index contributed by atoms with van der Waals surface area (Å²) in [5.74, 6) is -1.56. The van der Waals surface area contributed by atoms with Gasteiger partial charge in [0, 0.05) is 24.4 Å². The van der Waals surface area contributed by atoms with Crippen LogP contribution in [0.4, 0.5) is 0 Å². The van der Waals surface area contributed by atoms with Gasteiger partial charge in [0.2, 0.25) is 0 Å². The fourth-order valence-electron chi connectivity index (χ4n) is 6.06. The molecule has 4 N–H and O–H groups in total. The van der Waals surface area contributed by atoms with Gasteiger partial charge in [0.1, 0.15) is 11.8 Å². The van der Waals surface area contributed by atoms with Crippen LogP contribution in [0.1, 0.15) is 50.7 Å². The van der Waals surface area contributed by atoms with Crippen molar-refractivity contribution in [3.63, 3.8) is 0 Å². The van der Waals surface area contributed by atoms with Gasteiger partial charge in [-0.3, -0.25) is 9.59 Å². The number of methoxy groups -OCH3 is 1. The SMILES string of the molecule is COc1ccc(C)c2c1O[C@H]1C(OC(=O)[C@H](C)OC(=O)[C@@H](N)CCC(=O)O)=CC[C@@]3(O)[C@@H](C)N(C)CC[C@]213. The quantitative estimate of drug-likeness (QED) is 0.416. The number of fused-ring (bicyclic) bond motifs is 1. The number of ether oxygens (including phenoxy) is 4. The summed E-state index contributed by atoms with van der Waals surface area (Å²) in [5, 5.41) is 21.1. The third-order valence-electron chi connectivity index (χ3n) is 8.35. The van der Waals surface area contributed by atoms with E-state index in [1.165, 1.54) is 6.92 Å². The fourth-order valence-corrected chi connectivity index (χ4v) is 6.06. The number of esters is 2. The number of likely N-dealkylation sites (N-methyl/N-ethyl adjacent to an activating group) is 1. The van der Waals surface area contributed by atoms with E-state index in [9.17, 15) is 19.5 Å². The Morgan fingerprint density at radius 1 is 1.29 bits per heavy atom. The second-order valence-corrected chi connectivity index (χ2v) is 10.4. The largest absolute Gasteiger partial charge is 0.493 e. The van der Waals surface area contributed by atoms with Crippen LogP contribution in [0, 0.1) is 6.92 Å². The highest BCUT2D eigenvalue weighted by Gasteiger charge is 2.69. The summed E-state index contributed by atoms with van der Waals surface area (Å²) < 4.78 is 23.0. The van der Waals surface area contributed by atoms with Crippen LogP contribution in [0.2, 0.25) is 0 Å². The van der Waals surface area contributed by atoms with Crippen LogP contribution in [0.15, 0.2) is 24.0 Å². The predicted molar refractivity (Wildman–Crippen MR) is 135 cm³/mol. The van der Waals surface area contributed by atoms with Crippen molar-refractivity contribution in [2.75, 3.05) is 20.7 Å². The minimum absolute atomic E-state index is 0.121. The molecule has 2 aliphatic heterocycles. The number of aliphatic carboxylic acids is 1. The summed E-state index contributed by atoms with van der Waals surface area (Å²) in [6, 6.07) is 2.34. The molecule has 38 heavy (non-hydrogen) atoms. The van der Waals surface area contributed by atoms with Crippen LogP contribution in [0.3, 0.4) is 0 Å². The summed E-state index contributed by atoms with van der Waals surface area (Å²) in [6.07, 6.45) is -0.108. The molecular formula is C27H36N2O9. The number of carbonyl (C=O) groups is 3. The minimum Gasteiger partial charge on any atom is -0.493 e. The standard InChI is InChI=1S/C27H36N2O9/c1-14-6-8-18(35-5)22-21(14)26-12-13-29(4)16(3)27(26,34)11-10-19(23(26)38-22)37-24(32)15(2)36-25(33)17(28)7-9-20(30)31/h6,8,10,15-17,23,34H,7,9,11-13,28H2,1-5H3,(H,30,31)/t15-,16+,17-,23-,26-,27+/m0/s1. The summed E-state index contributed by atoms with van der Waals surface area (Å²) in [6.45, 7) is 5.98. The monoisotopic (exact) mass is 532 g/mol. The average Bonchev–Trinajstić information content (AvgIpc) is 3.24. The van der Waals surface area contributed by atoms with Crippen LogP contribution in [0.5, 0.6) is 11.5 Å². The highest BCUT2D eigenvalue weighted by molar-refractivity contribution is 5.82. The number of likely N-dealkylation sites (tertiary alicyclic amines) is 1. The number of carboxylic acid groups (broad SMARTS) is 1. The van der Waals surface area contributed by atoms with Crippen LogP contribution >= 0.6 is 0 Å². The molecule has 11 nitrogen and oxygen atoms in total. The van der Waals surface area contributed by atoms with Gasteiger partial charge in [0.25, 0.3) is 0 Å². The van der Waals surface area contributed by atoms with Crippen LogP contribution in [0.25, 0.3) is 0 Å². The third kappa shape index (κ3) is 4.32. The number of aryl methyl sites for hydroxylation is 1. The molecule has 11 heteroatoms. The number of carboxylic acids is 1. The van der Waals surface area contributed by atoms with E-state index in [-0.39, 0.29) is 31.1 Å². The lowest BCUT2D eigenvalue weighted by molar-refractivity contribution is -0.172. The smallest absolute Gasteiger partial charge is 0.352 e. The van der Waals surface area contributed by atoms with E-state index in [0.29, 0.717) is 24.5 Å². The van der Waals surface area contributed by atoms with Crippen molar-refractivity contribution in [1.29, 1.82) is 0 Å². The van der Waals surface area contributed by atoms with E-state index in [1.807, 2.05) is 33.0 Å². The molecule has 3 aliphatic rings. The van der Waals surface area contributed by atoms with Gasteiger partial charge in [-0.15, -0.1) is 0 Å². The van der Waals surface area contributed by atoms with Crippen molar-refractivity contribution in [3.8, 4) is 11.5 Å². The summed E-state index contributed by atoms with van der Waals surface area (Å²) in [7, 11) is 3.52. The lowest BCUT2D eigenvalue weighted by atomic mass is 9.54. The van der Waals surface area contributed by atoms with Gasteiger partial charge in [-0.05, 0) is 64.9 Å². The normalized spacial score (nSPS) is 29.5. The van der Waals surface area contributed by atoms with Crippen molar-refractivity contribution in [2.24, 2.45) is 5.73 Å². The van der Waals surface area contributed by atoms with E-state index in [0.717, 1.165) is 11.1 Å². The molecule has 0 radical (unpaired) electrons. The highest BCUT2D eigenvalue weighted by atomic mass is 16.6. The predicted octanol–water partition coefficient (Wildman–Crippen LogP) is 1.41. The van der Waals surface area contributed by atoms with Gasteiger partial charge in [0.15, 0.2) is 23.7 Å². The molecule has 1 aliphatic carbocycles. The van der Waals surface area contributed by atoms with Gasteiger partial charge in [-0.25, -0.2) is 4.79 Å². The third-order valence-corrected chi connectivity index (χ3v) is 8.35. The molecule has 4 rings (SSSR count). The van der Waals surface area contributed by atoms with Gasteiger partial charge >= 0.3 is 17.9 Å². The number of hydrogen-bond donors (Lipinski definition) is 3. The molecule has 0 bridgehead atoms. The Bertz CT molecular complexity index is 1170. The lowest BCUT2D eigenvalue weighted by Crippen LogP contribution is -2.71. The fraction of sp³-hybridized carbons (Fsp3) is 0.593. The first-order valence-corrected chi connectivity index (χ1v) is 12.7. The van der Waals surface area contributed by atoms with E-state index in [1.54, 1.807) is 13.2 Å². The molecule has 1 fully saturated rings.